The third-order valence-electron chi connectivity index (χ3n) is 2.56. The van der Waals surface area contributed by atoms with Gasteiger partial charge in [0.05, 0.1) is 0 Å². The summed E-state index contributed by atoms with van der Waals surface area (Å²) in [5.41, 5.74) is 0. The van der Waals surface area contributed by atoms with Gasteiger partial charge >= 0.3 is 6.18 Å². The molecule has 0 aliphatic carbocycles. The van der Waals surface area contributed by atoms with Gasteiger partial charge in [0.2, 0.25) is 0 Å². The molecule has 0 spiro atoms. The van der Waals surface area contributed by atoms with Gasteiger partial charge in [-0.25, -0.2) is 8.78 Å². The second-order valence-corrected chi connectivity index (χ2v) is 5.15. The van der Waals surface area contributed by atoms with Crippen LogP contribution in [0.3, 0.4) is 0 Å². The summed E-state index contributed by atoms with van der Waals surface area (Å²) in [5, 5.41) is 0. The lowest BCUT2D eigenvalue weighted by molar-refractivity contribution is -0.163. The third-order valence-corrected chi connectivity index (χ3v) is 2.56. The molecule has 0 heterocycles. The maximum atomic E-state index is 13.0. The van der Waals surface area contributed by atoms with Crippen molar-refractivity contribution in [2.75, 3.05) is 19.7 Å². The molecule has 22 heavy (non-hydrogen) atoms. The number of nitrogens with zero attached hydrogens (tertiary/aromatic N) is 1. The SMILES string of the molecule is CC(C)CN(CC(F)(F)F)C(=O)COc1ccc(F)c(F)c1. The Morgan fingerprint density at radius 2 is 1.86 bits per heavy atom. The molecule has 0 aliphatic rings. The molecule has 1 amide bonds. The number of alkyl halides is 3. The molecule has 0 atom stereocenters. The maximum Gasteiger partial charge on any atom is 0.406 e. The first-order valence-corrected chi connectivity index (χ1v) is 6.51. The van der Waals surface area contributed by atoms with Crippen LogP contribution in [-0.2, 0) is 4.79 Å². The molecule has 1 aromatic rings. The van der Waals surface area contributed by atoms with Crippen molar-refractivity contribution in [3.8, 4) is 5.75 Å². The van der Waals surface area contributed by atoms with E-state index in [9.17, 15) is 26.7 Å². The van der Waals surface area contributed by atoms with E-state index < -0.39 is 36.9 Å². The van der Waals surface area contributed by atoms with E-state index in [1.54, 1.807) is 13.8 Å². The van der Waals surface area contributed by atoms with Gasteiger partial charge in [-0.2, -0.15) is 13.2 Å². The fourth-order valence-corrected chi connectivity index (χ4v) is 1.71. The Morgan fingerprint density at radius 1 is 1.23 bits per heavy atom. The number of halogens is 5. The van der Waals surface area contributed by atoms with Crippen LogP contribution in [0.2, 0.25) is 0 Å². The zero-order chi connectivity index (χ0) is 16.9. The summed E-state index contributed by atoms with van der Waals surface area (Å²) >= 11 is 0. The van der Waals surface area contributed by atoms with E-state index in [2.05, 4.69) is 0 Å². The minimum Gasteiger partial charge on any atom is -0.484 e. The van der Waals surface area contributed by atoms with E-state index in [1.165, 1.54) is 0 Å². The number of amides is 1. The highest BCUT2D eigenvalue weighted by molar-refractivity contribution is 5.77. The van der Waals surface area contributed by atoms with E-state index in [0.29, 0.717) is 4.90 Å². The van der Waals surface area contributed by atoms with Crippen LogP contribution in [-0.4, -0.2) is 36.7 Å². The fraction of sp³-hybridized carbons (Fsp3) is 0.500. The molecule has 0 radical (unpaired) electrons. The van der Waals surface area contributed by atoms with Gasteiger partial charge in [-0.1, -0.05) is 13.8 Å². The standard InChI is InChI=1S/C14H16F5NO2/c1-9(2)6-20(8-14(17,18)19)13(21)7-22-10-3-4-11(15)12(16)5-10/h3-5,9H,6-8H2,1-2H3. The summed E-state index contributed by atoms with van der Waals surface area (Å²) in [6.07, 6.45) is -4.52. The minimum absolute atomic E-state index is 0.0838. The second-order valence-electron chi connectivity index (χ2n) is 5.15. The lowest BCUT2D eigenvalue weighted by atomic mass is 10.2. The van der Waals surface area contributed by atoms with Crippen LogP contribution in [0.5, 0.6) is 5.75 Å². The Labute approximate surface area is 124 Å². The Balaban J connectivity index is 2.67. The Morgan fingerprint density at radius 3 is 2.36 bits per heavy atom. The van der Waals surface area contributed by atoms with Gasteiger partial charge in [0.1, 0.15) is 12.3 Å². The predicted octanol–water partition coefficient (Wildman–Crippen LogP) is 3.39. The highest BCUT2D eigenvalue weighted by atomic mass is 19.4. The zero-order valence-corrected chi connectivity index (χ0v) is 12.1. The summed E-state index contributed by atoms with van der Waals surface area (Å²) in [6.45, 7) is 1.19. The van der Waals surface area contributed by atoms with Crippen molar-refractivity contribution in [3.05, 3.63) is 29.8 Å². The first kappa shape index (κ1) is 18.2. The second kappa shape index (κ2) is 7.42. The number of benzene rings is 1. The lowest BCUT2D eigenvalue weighted by Crippen LogP contribution is -2.43. The molecule has 0 saturated carbocycles. The largest absolute Gasteiger partial charge is 0.484 e. The van der Waals surface area contributed by atoms with Crippen LogP contribution in [0, 0.1) is 17.6 Å². The first-order chi connectivity index (χ1) is 10.1. The molecule has 0 fully saturated rings. The summed E-state index contributed by atoms with van der Waals surface area (Å²) in [7, 11) is 0. The van der Waals surface area contributed by atoms with Crippen LogP contribution in [0.4, 0.5) is 22.0 Å². The molecule has 1 aromatic carbocycles. The average molecular weight is 325 g/mol. The van der Waals surface area contributed by atoms with Crippen LogP contribution in [0.25, 0.3) is 0 Å². The summed E-state index contributed by atoms with van der Waals surface area (Å²) < 4.78 is 68.0. The lowest BCUT2D eigenvalue weighted by Gasteiger charge is -2.25. The number of carbonyl (C=O) groups excluding carboxylic acids is 1. The Bertz CT molecular complexity index is 516. The Hall–Kier alpha value is -1.86. The number of carbonyl (C=O) groups is 1. The molecule has 1 rings (SSSR count). The fourth-order valence-electron chi connectivity index (χ4n) is 1.71. The molecule has 124 valence electrons. The monoisotopic (exact) mass is 325 g/mol. The van der Waals surface area contributed by atoms with Crippen LogP contribution < -0.4 is 4.74 Å². The Kier molecular flexibility index (Phi) is 6.13. The van der Waals surface area contributed by atoms with Gasteiger partial charge < -0.3 is 9.64 Å². The molecule has 0 unspecified atom stereocenters. The highest BCUT2D eigenvalue weighted by Crippen LogP contribution is 2.19. The quantitative estimate of drug-likeness (QED) is 0.750. The van der Waals surface area contributed by atoms with Crippen molar-refractivity contribution in [2.45, 2.75) is 20.0 Å². The summed E-state index contributed by atoms with van der Waals surface area (Å²) in [4.78, 5) is 12.4. The topological polar surface area (TPSA) is 29.5 Å². The summed E-state index contributed by atoms with van der Waals surface area (Å²) in [5.74, 6) is -3.43. The van der Waals surface area contributed by atoms with Crippen LogP contribution >= 0.6 is 0 Å². The van der Waals surface area contributed by atoms with Gasteiger partial charge in [0.15, 0.2) is 18.2 Å². The number of hydrogen-bond donors (Lipinski definition) is 0. The molecule has 0 saturated heterocycles. The van der Waals surface area contributed by atoms with Gasteiger partial charge in [0.25, 0.3) is 5.91 Å². The highest BCUT2D eigenvalue weighted by Gasteiger charge is 2.33. The molecular weight excluding hydrogens is 309 g/mol. The van der Waals surface area contributed by atoms with Gasteiger partial charge in [0, 0.05) is 12.6 Å². The van der Waals surface area contributed by atoms with Crippen LogP contribution in [0.1, 0.15) is 13.8 Å². The molecule has 8 heteroatoms. The molecular formula is C14H16F5NO2. The van der Waals surface area contributed by atoms with Gasteiger partial charge in [-0.3, -0.25) is 4.79 Å². The smallest absolute Gasteiger partial charge is 0.406 e. The van der Waals surface area contributed by atoms with Gasteiger partial charge in [-0.05, 0) is 18.1 Å². The van der Waals surface area contributed by atoms with Crippen molar-refractivity contribution in [1.29, 1.82) is 0 Å². The van der Waals surface area contributed by atoms with E-state index in [-0.39, 0.29) is 18.2 Å². The van der Waals surface area contributed by atoms with Gasteiger partial charge in [-0.15, -0.1) is 0 Å². The van der Waals surface area contributed by atoms with E-state index >= 15 is 0 Å². The van der Waals surface area contributed by atoms with Crippen molar-refractivity contribution in [3.63, 3.8) is 0 Å². The zero-order valence-electron chi connectivity index (χ0n) is 12.1. The summed E-state index contributed by atoms with van der Waals surface area (Å²) in [6, 6.07) is 2.61. The molecule has 0 bridgehead atoms. The minimum atomic E-state index is -4.52. The van der Waals surface area contributed by atoms with Crippen molar-refractivity contribution < 1.29 is 31.5 Å². The molecule has 0 aromatic heterocycles. The first-order valence-electron chi connectivity index (χ1n) is 6.51. The van der Waals surface area contributed by atoms with E-state index in [0.717, 1.165) is 18.2 Å². The van der Waals surface area contributed by atoms with Crippen molar-refractivity contribution in [1.82, 2.24) is 4.90 Å². The maximum absolute atomic E-state index is 13.0. The predicted molar refractivity (Wildman–Crippen MR) is 69.3 cm³/mol. The number of rotatable bonds is 6. The molecule has 0 aliphatic heterocycles. The number of hydrogen-bond acceptors (Lipinski definition) is 2. The van der Waals surface area contributed by atoms with Crippen molar-refractivity contribution in [2.24, 2.45) is 5.92 Å². The van der Waals surface area contributed by atoms with Crippen LogP contribution in [0.15, 0.2) is 18.2 Å². The van der Waals surface area contributed by atoms with Crippen molar-refractivity contribution >= 4 is 5.91 Å². The molecule has 0 N–H and O–H groups in total. The van der Waals surface area contributed by atoms with E-state index in [1.807, 2.05) is 0 Å². The third kappa shape index (κ3) is 6.28. The normalized spacial score (nSPS) is 11.6. The van der Waals surface area contributed by atoms with E-state index in [4.69, 9.17) is 4.74 Å². The number of ether oxygens (including phenoxy) is 1. The molecule has 3 nitrogen and oxygen atoms in total. The average Bonchev–Trinajstić information content (AvgIpc) is 2.37.